The molecule has 1 aromatic rings. The van der Waals surface area contributed by atoms with Gasteiger partial charge in [0.05, 0.1) is 5.75 Å². The van der Waals surface area contributed by atoms with Crippen molar-refractivity contribution in [3.63, 3.8) is 0 Å². The van der Waals surface area contributed by atoms with E-state index in [-0.39, 0.29) is 25.5 Å². The summed E-state index contributed by atoms with van der Waals surface area (Å²) in [6.07, 6.45) is 1.80. The summed E-state index contributed by atoms with van der Waals surface area (Å²) in [6.45, 7) is 1.95. The van der Waals surface area contributed by atoms with E-state index in [4.69, 9.17) is 16.3 Å². The van der Waals surface area contributed by atoms with E-state index in [1.807, 2.05) is 0 Å². The van der Waals surface area contributed by atoms with Crippen LogP contribution in [0.25, 0.3) is 0 Å². The molecular formula is C16H22ClN3O5S. The lowest BCUT2D eigenvalue weighted by Crippen LogP contribution is -2.49. The maximum atomic E-state index is 12.2. The molecule has 1 amide bonds. The van der Waals surface area contributed by atoms with Crippen molar-refractivity contribution in [1.29, 1.82) is 0 Å². The Hall–Kier alpha value is -1.65. The summed E-state index contributed by atoms with van der Waals surface area (Å²) in [5, 5.41) is 12.4. The summed E-state index contributed by atoms with van der Waals surface area (Å²) in [6, 6.07) is 6.62. The molecule has 0 fully saturated rings. The van der Waals surface area contributed by atoms with Crippen LogP contribution >= 0.6 is 11.6 Å². The van der Waals surface area contributed by atoms with Crippen molar-refractivity contribution >= 4 is 27.5 Å². The highest BCUT2D eigenvalue weighted by molar-refractivity contribution is 7.89. The molecule has 3 N–H and O–H groups in total. The van der Waals surface area contributed by atoms with Gasteiger partial charge in [0.1, 0.15) is 6.73 Å². The van der Waals surface area contributed by atoms with Gasteiger partial charge in [0.15, 0.2) is 0 Å². The van der Waals surface area contributed by atoms with Gasteiger partial charge in [0.2, 0.25) is 22.3 Å². The number of benzene rings is 1. The molecule has 0 aliphatic carbocycles. The fourth-order valence-corrected chi connectivity index (χ4v) is 3.94. The Morgan fingerprint density at radius 3 is 2.85 bits per heavy atom. The molecule has 2 rings (SSSR count). The Morgan fingerprint density at radius 1 is 1.42 bits per heavy atom. The number of ether oxygens (including phenoxy) is 1. The van der Waals surface area contributed by atoms with E-state index in [9.17, 15) is 18.3 Å². The number of hydrogen-bond acceptors (Lipinski definition) is 6. The van der Waals surface area contributed by atoms with Crippen molar-refractivity contribution in [2.75, 3.05) is 19.1 Å². The van der Waals surface area contributed by atoms with Crippen LogP contribution in [-0.2, 0) is 19.6 Å². The van der Waals surface area contributed by atoms with E-state index in [1.165, 1.54) is 17.2 Å². The molecule has 1 aliphatic heterocycles. The minimum absolute atomic E-state index is 0.0292. The number of hydrogen-bond donors (Lipinski definition) is 3. The number of sulfonamides is 1. The first-order valence-corrected chi connectivity index (χ1v) is 10.1. The summed E-state index contributed by atoms with van der Waals surface area (Å²) < 4.78 is 32.2. The van der Waals surface area contributed by atoms with Crippen LogP contribution in [0.3, 0.4) is 0 Å². The van der Waals surface area contributed by atoms with E-state index < -0.39 is 28.3 Å². The highest BCUT2D eigenvalue weighted by Crippen LogP contribution is 2.22. The third-order valence-electron chi connectivity index (χ3n) is 3.67. The predicted octanol–water partition coefficient (Wildman–Crippen LogP) is 0.906. The molecule has 0 saturated carbocycles. The van der Waals surface area contributed by atoms with Gasteiger partial charge >= 0.3 is 0 Å². The van der Waals surface area contributed by atoms with Crippen LogP contribution in [-0.4, -0.2) is 49.8 Å². The van der Waals surface area contributed by atoms with Crippen LogP contribution in [0.5, 0.6) is 0 Å². The molecule has 1 heterocycles. The van der Waals surface area contributed by atoms with Gasteiger partial charge in [-0.1, -0.05) is 29.8 Å². The molecule has 0 saturated heterocycles. The molecule has 0 aromatic heterocycles. The second-order valence-corrected chi connectivity index (χ2v) is 8.06. The molecule has 0 spiro atoms. The average Bonchev–Trinajstić information content (AvgIpc) is 2.56. The van der Waals surface area contributed by atoms with Crippen molar-refractivity contribution in [1.82, 2.24) is 14.9 Å². The number of halogens is 1. The molecule has 8 nitrogen and oxygen atoms in total. The Balaban J connectivity index is 1.72. The van der Waals surface area contributed by atoms with Crippen LogP contribution in [0.2, 0.25) is 5.02 Å². The Labute approximate surface area is 157 Å². The quantitative estimate of drug-likeness (QED) is 0.529. The van der Waals surface area contributed by atoms with E-state index in [1.54, 1.807) is 31.2 Å². The molecule has 1 unspecified atom stereocenters. The lowest BCUT2D eigenvalue weighted by Gasteiger charge is -2.29. The van der Waals surface area contributed by atoms with Gasteiger partial charge in [-0.25, -0.2) is 13.1 Å². The Kier molecular flexibility index (Phi) is 7.42. The second kappa shape index (κ2) is 9.33. The van der Waals surface area contributed by atoms with Gasteiger partial charge in [-0.2, -0.15) is 0 Å². The van der Waals surface area contributed by atoms with E-state index in [0.717, 1.165) is 0 Å². The van der Waals surface area contributed by atoms with Gasteiger partial charge in [-0.3, -0.25) is 4.79 Å². The van der Waals surface area contributed by atoms with Crippen LogP contribution in [0.1, 0.15) is 24.9 Å². The summed E-state index contributed by atoms with van der Waals surface area (Å²) in [5.74, 6) is -0.491. The minimum atomic E-state index is -3.49. The van der Waals surface area contributed by atoms with Crippen molar-refractivity contribution in [3.05, 3.63) is 47.1 Å². The van der Waals surface area contributed by atoms with Gasteiger partial charge in [-0.15, -0.1) is 0 Å². The number of aliphatic hydroxyl groups is 1. The van der Waals surface area contributed by atoms with Crippen LogP contribution in [0, 0.1) is 0 Å². The van der Waals surface area contributed by atoms with Gasteiger partial charge in [-0.05, 0) is 25.0 Å². The normalized spacial score (nSPS) is 18.7. The number of rotatable bonds is 9. The number of aliphatic hydroxyl groups excluding tert-OH is 1. The smallest absolute Gasteiger partial charge is 0.248 e. The van der Waals surface area contributed by atoms with E-state index in [0.29, 0.717) is 10.6 Å². The zero-order valence-electron chi connectivity index (χ0n) is 14.3. The van der Waals surface area contributed by atoms with Crippen LogP contribution < -0.4 is 10.0 Å². The second-order valence-electron chi connectivity index (χ2n) is 5.78. The summed E-state index contributed by atoms with van der Waals surface area (Å²) in [5.41, 5.74) is 0.710. The topological polar surface area (TPSA) is 108 Å². The van der Waals surface area contributed by atoms with Crippen molar-refractivity contribution in [2.24, 2.45) is 0 Å². The van der Waals surface area contributed by atoms with Crippen LogP contribution in [0.4, 0.5) is 0 Å². The largest absolute Gasteiger partial charge is 0.361 e. The highest BCUT2D eigenvalue weighted by atomic mass is 35.5. The van der Waals surface area contributed by atoms with Crippen molar-refractivity contribution in [2.45, 2.75) is 25.7 Å². The third-order valence-corrected chi connectivity index (χ3v) is 5.56. The van der Waals surface area contributed by atoms with Gasteiger partial charge in [0, 0.05) is 29.9 Å². The fourth-order valence-electron chi connectivity index (χ4n) is 2.36. The number of nitrogens with one attached hydrogen (secondary N) is 2. The summed E-state index contributed by atoms with van der Waals surface area (Å²) in [7, 11) is -3.49. The van der Waals surface area contributed by atoms with Gasteiger partial charge < -0.3 is 20.1 Å². The molecule has 1 aromatic carbocycles. The molecular weight excluding hydrogens is 382 g/mol. The lowest BCUT2D eigenvalue weighted by atomic mass is 10.1. The summed E-state index contributed by atoms with van der Waals surface area (Å²) in [4.78, 5) is 12.4. The maximum Gasteiger partial charge on any atom is 0.248 e. The monoisotopic (exact) mass is 403 g/mol. The first-order chi connectivity index (χ1) is 12.3. The van der Waals surface area contributed by atoms with Crippen LogP contribution in [0.15, 0.2) is 36.5 Å². The zero-order chi connectivity index (χ0) is 19.2. The Morgan fingerprint density at radius 2 is 2.15 bits per heavy atom. The molecule has 144 valence electrons. The first kappa shape index (κ1) is 20.7. The molecule has 10 heteroatoms. The summed E-state index contributed by atoms with van der Waals surface area (Å²) >= 11 is 6.08. The molecule has 2 atom stereocenters. The number of amides is 1. The average molecular weight is 404 g/mol. The number of carbonyl (C=O) groups is 1. The highest BCUT2D eigenvalue weighted by Gasteiger charge is 2.19. The molecule has 26 heavy (non-hydrogen) atoms. The van der Waals surface area contributed by atoms with Crippen molar-refractivity contribution in [3.8, 4) is 0 Å². The van der Waals surface area contributed by atoms with Crippen molar-refractivity contribution < 1.29 is 23.1 Å². The fraction of sp³-hybridized carbons (Fsp3) is 0.438. The SMILES string of the molecule is C[C@@H](NS(=O)(=O)CCCOCN1C=CC(=O)NC1O)c1ccccc1Cl. The number of nitrogens with zero attached hydrogens (tertiary/aromatic N) is 1. The van der Waals surface area contributed by atoms with E-state index in [2.05, 4.69) is 10.0 Å². The number of carbonyl (C=O) groups excluding carboxylic acids is 1. The third kappa shape index (κ3) is 6.26. The van der Waals surface area contributed by atoms with Gasteiger partial charge in [0.25, 0.3) is 0 Å². The first-order valence-electron chi connectivity index (χ1n) is 8.03. The molecule has 0 radical (unpaired) electrons. The minimum Gasteiger partial charge on any atom is -0.361 e. The Bertz CT molecular complexity index is 756. The van der Waals surface area contributed by atoms with E-state index >= 15 is 0 Å². The standard InChI is InChI=1S/C16H22ClN3O5S/c1-12(13-5-2-3-6-14(13)17)19-26(23,24)10-4-9-25-11-20-8-7-15(21)18-16(20)22/h2-3,5-8,12,16,19,22H,4,9-11H2,1H3,(H,18,21)/t12-,16?/m1/s1. The predicted molar refractivity (Wildman–Crippen MR) is 97.4 cm³/mol. The maximum absolute atomic E-state index is 12.2. The molecule has 1 aliphatic rings. The zero-order valence-corrected chi connectivity index (χ0v) is 15.8. The lowest BCUT2D eigenvalue weighted by molar-refractivity contribution is -0.128. The molecule has 0 bridgehead atoms.